The molecule has 4 atom stereocenters. The van der Waals surface area contributed by atoms with Crippen LogP contribution in [0.2, 0.25) is 0 Å². The van der Waals surface area contributed by atoms with Gasteiger partial charge in [-0.15, -0.1) is 0 Å². The van der Waals surface area contributed by atoms with E-state index < -0.39 is 0 Å². The second kappa shape index (κ2) is 4.30. The molecule has 0 amide bonds. The van der Waals surface area contributed by atoms with Crippen LogP contribution in [0, 0.1) is 23.2 Å². The maximum atomic E-state index is 6.35. The highest BCUT2D eigenvalue weighted by Crippen LogP contribution is 2.41. The van der Waals surface area contributed by atoms with Crippen LogP contribution in [0.3, 0.4) is 0 Å². The quantitative estimate of drug-likeness (QED) is 0.794. The van der Waals surface area contributed by atoms with Crippen LogP contribution in [0.1, 0.15) is 40.0 Å². The standard InChI is InChI=1S/C14H28N2/c1-10-7-12(10)9-16(4)8-11-5-6-14(2,3)13(11)15/h10-13H,5-9,15H2,1-4H3. The predicted octanol–water partition coefficient (Wildman–Crippen LogP) is 2.34. The second-order valence-electron chi connectivity index (χ2n) is 7.01. The summed E-state index contributed by atoms with van der Waals surface area (Å²) in [5.74, 6) is 2.65. The van der Waals surface area contributed by atoms with Gasteiger partial charge in [0, 0.05) is 19.1 Å². The molecule has 2 heteroatoms. The summed E-state index contributed by atoms with van der Waals surface area (Å²) in [7, 11) is 2.27. The van der Waals surface area contributed by atoms with Crippen LogP contribution in [-0.4, -0.2) is 31.1 Å². The Balaban J connectivity index is 1.77. The predicted molar refractivity (Wildman–Crippen MR) is 69.2 cm³/mol. The fraction of sp³-hybridized carbons (Fsp3) is 1.00. The lowest BCUT2D eigenvalue weighted by molar-refractivity contribution is 0.227. The molecule has 0 aromatic heterocycles. The lowest BCUT2D eigenvalue weighted by atomic mass is 9.85. The van der Waals surface area contributed by atoms with Gasteiger partial charge in [0.1, 0.15) is 0 Å². The van der Waals surface area contributed by atoms with Gasteiger partial charge in [0.05, 0.1) is 0 Å². The van der Waals surface area contributed by atoms with Gasteiger partial charge in [0.2, 0.25) is 0 Å². The normalized spacial score (nSPS) is 41.6. The van der Waals surface area contributed by atoms with E-state index >= 15 is 0 Å². The van der Waals surface area contributed by atoms with Crippen molar-refractivity contribution in [2.24, 2.45) is 28.9 Å². The van der Waals surface area contributed by atoms with Crippen molar-refractivity contribution in [3.05, 3.63) is 0 Å². The first-order chi connectivity index (χ1) is 7.40. The first-order valence-corrected chi connectivity index (χ1v) is 6.84. The van der Waals surface area contributed by atoms with Gasteiger partial charge in [-0.25, -0.2) is 0 Å². The van der Waals surface area contributed by atoms with Crippen molar-refractivity contribution in [2.45, 2.75) is 46.1 Å². The Hall–Kier alpha value is -0.0800. The molecule has 16 heavy (non-hydrogen) atoms. The molecule has 0 spiro atoms. The lowest BCUT2D eigenvalue weighted by Gasteiger charge is -2.29. The zero-order valence-corrected chi connectivity index (χ0v) is 11.4. The van der Waals surface area contributed by atoms with Crippen LogP contribution in [-0.2, 0) is 0 Å². The first kappa shape index (κ1) is 12.4. The van der Waals surface area contributed by atoms with E-state index in [1.165, 1.54) is 32.4 Å². The molecule has 0 radical (unpaired) electrons. The Morgan fingerprint density at radius 1 is 1.25 bits per heavy atom. The highest BCUT2D eigenvalue weighted by Gasteiger charge is 2.40. The van der Waals surface area contributed by atoms with Crippen molar-refractivity contribution in [3.63, 3.8) is 0 Å². The smallest absolute Gasteiger partial charge is 0.0131 e. The van der Waals surface area contributed by atoms with Crippen molar-refractivity contribution < 1.29 is 0 Å². The molecular formula is C14H28N2. The van der Waals surface area contributed by atoms with Gasteiger partial charge in [-0.05, 0) is 49.5 Å². The van der Waals surface area contributed by atoms with Gasteiger partial charge in [0.15, 0.2) is 0 Å². The topological polar surface area (TPSA) is 29.3 Å². The van der Waals surface area contributed by atoms with Crippen molar-refractivity contribution >= 4 is 0 Å². The van der Waals surface area contributed by atoms with Gasteiger partial charge < -0.3 is 10.6 Å². The highest BCUT2D eigenvalue weighted by molar-refractivity contribution is 4.95. The molecule has 2 aliphatic rings. The van der Waals surface area contributed by atoms with Crippen LogP contribution >= 0.6 is 0 Å². The van der Waals surface area contributed by atoms with E-state index in [4.69, 9.17) is 5.73 Å². The Bertz CT molecular complexity index is 249. The van der Waals surface area contributed by atoms with E-state index in [2.05, 4.69) is 32.7 Å². The monoisotopic (exact) mass is 224 g/mol. The summed E-state index contributed by atoms with van der Waals surface area (Å²) < 4.78 is 0. The van der Waals surface area contributed by atoms with E-state index in [1.54, 1.807) is 0 Å². The van der Waals surface area contributed by atoms with E-state index in [9.17, 15) is 0 Å². The number of hydrogen-bond acceptors (Lipinski definition) is 2. The molecule has 0 aromatic carbocycles. The molecule has 2 N–H and O–H groups in total. The first-order valence-electron chi connectivity index (χ1n) is 6.84. The summed E-state index contributed by atoms with van der Waals surface area (Å²) in [5.41, 5.74) is 6.71. The lowest BCUT2D eigenvalue weighted by Crippen LogP contribution is -2.41. The molecule has 0 bridgehead atoms. The Kier molecular flexibility index (Phi) is 3.33. The zero-order chi connectivity index (χ0) is 11.9. The van der Waals surface area contributed by atoms with Crippen LogP contribution < -0.4 is 5.73 Å². The number of nitrogens with two attached hydrogens (primary N) is 1. The van der Waals surface area contributed by atoms with Crippen LogP contribution in [0.25, 0.3) is 0 Å². The molecular weight excluding hydrogens is 196 g/mol. The van der Waals surface area contributed by atoms with Crippen LogP contribution in [0.15, 0.2) is 0 Å². The van der Waals surface area contributed by atoms with Gasteiger partial charge >= 0.3 is 0 Å². The second-order valence-corrected chi connectivity index (χ2v) is 7.01. The maximum Gasteiger partial charge on any atom is 0.0131 e. The minimum absolute atomic E-state index is 0.360. The summed E-state index contributed by atoms with van der Waals surface area (Å²) >= 11 is 0. The van der Waals surface area contributed by atoms with Crippen molar-refractivity contribution in [1.29, 1.82) is 0 Å². The largest absolute Gasteiger partial charge is 0.327 e. The van der Waals surface area contributed by atoms with E-state index in [0.29, 0.717) is 17.4 Å². The molecule has 4 unspecified atom stereocenters. The van der Waals surface area contributed by atoms with Crippen molar-refractivity contribution in [3.8, 4) is 0 Å². The summed E-state index contributed by atoms with van der Waals surface area (Å²) in [6.07, 6.45) is 4.05. The molecule has 0 aliphatic heterocycles. The third kappa shape index (κ3) is 2.60. The van der Waals surface area contributed by atoms with Crippen molar-refractivity contribution in [2.75, 3.05) is 20.1 Å². The third-order valence-corrected chi connectivity index (χ3v) is 4.94. The molecule has 0 aromatic rings. The maximum absolute atomic E-state index is 6.35. The van der Waals surface area contributed by atoms with E-state index in [-0.39, 0.29) is 0 Å². The summed E-state index contributed by atoms with van der Waals surface area (Å²) in [5, 5.41) is 0. The molecule has 2 saturated carbocycles. The number of nitrogens with zero attached hydrogens (tertiary/aromatic N) is 1. The fourth-order valence-corrected chi connectivity index (χ4v) is 3.28. The average molecular weight is 224 g/mol. The Morgan fingerprint density at radius 2 is 1.81 bits per heavy atom. The van der Waals surface area contributed by atoms with Crippen LogP contribution in [0.4, 0.5) is 0 Å². The average Bonchev–Trinajstić information content (AvgIpc) is 2.80. The Labute approximate surface area is 101 Å². The SMILES string of the molecule is CC1CC1CN(C)CC1CCC(C)(C)C1N. The molecule has 2 rings (SSSR count). The number of hydrogen-bond donors (Lipinski definition) is 1. The summed E-state index contributed by atoms with van der Waals surface area (Å²) in [4.78, 5) is 2.51. The van der Waals surface area contributed by atoms with Gasteiger partial charge in [-0.3, -0.25) is 0 Å². The minimum atomic E-state index is 0.360. The molecule has 2 fully saturated rings. The molecule has 0 saturated heterocycles. The van der Waals surface area contributed by atoms with Gasteiger partial charge in [0.25, 0.3) is 0 Å². The van der Waals surface area contributed by atoms with Crippen LogP contribution in [0.5, 0.6) is 0 Å². The molecule has 2 aliphatic carbocycles. The molecule has 94 valence electrons. The summed E-state index contributed by atoms with van der Waals surface area (Å²) in [6.45, 7) is 9.49. The highest BCUT2D eigenvalue weighted by atomic mass is 15.1. The summed E-state index contributed by atoms with van der Waals surface area (Å²) in [6, 6.07) is 0.395. The Morgan fingerprint density at radius 3 is 2.25 bits per heavy atom. The minimum Gasteiger partial charge on any atom is -0.327 e. The molecule has 0 heterocycles. The third-order valence-electron chi connectivity index (χ3n) is 4.94. The zero-order valence-electron chi connectivity index (χ0n) is 11.4. The molecule has 2 nitrogen and oxygen atoms in total. The van der Waals surface area contributed by atoms with E-state index in [0.717, 1.165) is 11.8 Å². The fourth-order valence-electron chi connectivity index (χ4n) is 3.28. The van der Waals surface area contributed by atoms with Crippen molar-refractivity contribution in [1.82, 2.24) is 4.90 Å². The van der Waals surface area contributed by atoms with Gasteiger partial charge in [-0.1, -0.05) is 20.8 Å². The van der Waals surface area contributed by atoms with Gasteiger partial charge in [-0.2, -0.15) is 0 Å². The van der Waals surface area contributed by atoms with E-state index in [1.807, 2.05) is 0 Å². The number of rotatable bonds is 4.